The molecular formula is C22H18. The van der Waals surface area contributed by atoms with Gasteiger partial charge in [0.1, 0.15) is 0 Å². The molecule has 0 unspecified atom stereocenters. The van der Waals surface area contributed by atoms with E-state index < -0.39 is 0 Å². The first kappa shape index (κ1) is 14.1. The second kappa shape index (κ2) is 7.24. The normalized spacial score (nSPS) is 30.0. The standard InChI is InChI=1S/C22H18/c1-3-7-13-19(14-8-4-1)21-17-11-12-18-22(21)20-15-9-5-2-6-10-16-20/h1-18H/b3-1-,4-1?,5-2-,6-2?,7-3?,8-4-,9-5?,10-6-,13-7-,14-8?,15-9-,16-10?,19-13?,19-14+,20-15?,20-16+. The van der Waals surface area contributed by atoms with Crippen LogP contribution in [0.4, 0.5) is 0 Å². The Kier molecular flexibility index (Phi) is 4.63. The van der Waals surface area contributed by atoms with E-state index in [0.29, 0.717) is 0 Å². The van der Waals surface area contributed by atoms with Crippen molar-refractivity contribution in [2.45, 2.75) is 0 Å². The molecule has 0 N–H and O–H groups in total. The smallest absolute Gasteiger partial charge is 0.0105 e. The highest BCUT2D eigenvalue weighted by molar-refractivity contribution is 5.88. The van der Waals surface area contributed by atoms with Gasteiger partial charge < -0.3 is 0 Å². The highest BCUT2D eigenvalue weighted by Gasteiger charge is 2.07. The SMILES string of the molecule is C1=C\C=C/C(c2ccccc2C2=C/C=C\C=C/C=C\2)=C\C=C/1. The zero-order valence-corrected chi connectivity index (χ0v) is 12.4. The number of hydrogen-bond acceptors (Lipinski definition) is 0. The molecule has 0 fully saturated rings. The Morgan fingerprint density at radius 2 is 0.818 bits per heavy atom. The molecule has 1 aromatic rings. The van der Waals surface area contributed by atoms with Crippen LogP contribution in [-0.4, -0.2) is 0 Å². The number of rotatable bonds is 2. The monoisotopic (exact) mass is 282 g/mol. The molecule has 3 rings (SSSR count). The second-order valence-electron chi connectivity index (χ2n) is 5.05. The van der Waals surface area contributed by atoms with Gasteiger partial charge >= 0.3 is 0 Å². The van der Waals surface area contributed by atoms with Gasteiger partial charge in [0.2, 0.25) is 0 Å². The first-order chi connectivity index (χ1) is 10.9. The summed E-state index contributed by atoms with van der Waals surface area (Å²) in [6.45, 7) is 0. The molecule has 0 saturated carbocycles. The molecule has 0 radical (unpaired) electrons. The van der Waals surface area contributed by atoms with Crippen molar-refractivity contribution in [2.24, 2.45) is 0 Å². The molecule has 0 heterocycles. The van der Waals surface area contributed by atoms with E-state index in [1.165, 1.54) is 22.3 Å². The molecule has 0 aromatic heterocycles. The molecule has 0 aliphatic heterocycles. The molecule has 0 bridgehead atoms. The zero-order valence-electron chi connectivity index (χ0n) is 12.4. The van der Waals surface area contributed by atoms with E-state index in [4.69, 9.17) is 0 Å². The molecule has 0 heteroatoms. The van der Waals surface area contributed by atoms with Gasteiger partial charge in [-0.25, -0.2) is 0 Å². The average Bonchev–Trinajstić information content (AvgIpc) is 2.47. The van der Waals surface area contributed by atoms with Gasteiger partial charge in [-0.15, -0.1) is 0 Å². The minimum atomic E-state index is 1.21. The van der Waals surface area contributed by atoms with E-state index in [-0.39, 0.29) is 0 Å². The summed E-state index contributed by atoms with van der Waals surface area (Å²) in [4.78, 5) is 0. The van der Waals surface area contributed by atoms with Crippen LogP contribution in [0.5, 0.6) is 0 Å². The van der Waals surface area contributed by atoms with Gasteiger partial charge in [-0.05, 0) is 22.3 Å². The highest BCUT2D eigenvalue weighted by Crippen LogP contribution is 2.28. The summed E-state index contributed by atoms with van der Waals surface area (Å²) in [5.74, 6) is 0. The largest absolute Gasteiger partial charge is 0.0623 e. The molecule has 2 aliphatic rings. The Balaban J connectivity index is 2.07. The molecule has 1 aromatic carbocycles. The molecule has 0 amide bonds. The summed E-state index contributed by atoms with van der Waals surface area (Å²) in [6.07, 6.45) is 29.2. The summed E-state index contributed by atoms with van der Waals surface area (Å²) in [5.41, 5.74) is 4.92. The first-order valence-electron chi connectivity index (χ1n) is 7.48. The maximum absolute atomic E-state index is 2.18. The van der Waals surface area contributed by atoms with E-state index in [1.807, 2.05) is 12.2 Å². The lowest BCUT2D eigenvalue weighted by molar-refractivity contribution is 1.54. The van der Waals surface area contributed by atoms with Crippen molar-refractivity contribution in [3.8, 4) is 0 Å². The van der Waals surface area contributed by atoms with Gasteiger partial charge in [0.15, 0.2) is 0 Å². The van der Waals surface area contributed by atoms with Gasteiger partial charge in [0.25, 0.3) is 0 Å². The molecule has 106 valence electrons. The predicted octanol–water partition coefficient (Wildman–Crippen LogP) is 5.82. The van der Waals surface area contributed by atoms with Crippen LogP contribution in [0.25, 0.3) is 11.1 Å². The lowest BCUT2D eigenvalue weighted by Gasteiger charge is -2.12. The van der Waals surface area contributed by atoms with Crippen LogP contribution >= 0.6 is 0 Å². The Bertz CT molecular complexity index is 705. The molecule has 0 spiro atoms. The van der Waals surface area contributed by atoms with Gasteiger partial charge in [-0.2, -0.15) is 0 Å². The summed E-state index contributed by atoms with van der Waals surface area (Å²) < 4.78 is 0. The third kappa shape index (κ3) is 3.42. The fraction of sp³-hybridized carbons (Fsp3) is 0. The van der Waals surface area contributed by atoms with Crippen LogP contribution in [0, 0.1) is 0 Å². The first-order valence-corrected chi connectivity index (χ1v) is 7.48. The van der Waals surface area contributed by atoms with E-state index in [1.54, 1.807) is 0 Å². The lowest BCUT2D eigenvalue weighted by atomic mass is 9.92. The van der Waals surface area contributed by atoms with Crippen molar-refractivity contribution in [3.63, 3.8) is 0 Å². The van der Waals surface area contributed by atoms with Crippen molar-refractivity contribution >= 4 is 11.1 Å². The van der Waals surface area contributed by atoms with Crippen LogP contribution in [0.3, 0.4) is 0 Å². The van der Waals surface area contributed by atoms with Crippen molar-refractivity contribution in [3.05, 3.63) is 120 Å². The van der Waals surface area contributed by atoms with E-state index in [2.05, 4.69) is 97.2 Å². The Labute approximate surface area is 132 Å². The van der Waals surface area contributed by atoms with Crippen molar-refractivity contribution in [2.75, 3.05) is 0 Å². The molecule has 0 atom stereocenters. The fourth-order valence-electron chi connectivity index (χ4n) is 2.48. The van der Waals surface area contributed by atoms with Crippen LogP contribution in [0.15, 0.2) is 109 Å². The minimum absolute atomic E-state index is 1.21. The maximum atomic E-state index is 2.18. The van der Waals surface area contributed by atoms with Crippen molar-refractivity contribution in [1.82, 2.24) is 0 Å². The summed E-state index contributed by atoms with van der Waals surface area (Å²) in [7, 11) is 0. The van der Waals surface area contributed by atoms with Crippen LogP contribution < -0.4 is 0 Å². The van der Waals surface area contributed by atoms with Gasteiger partial charge in [0, 0.05) is 0 Å². The molecule has 2 aliphatic carbocycles. The van der Waals surface area contributed by atoms with Gasteiger partial charge in [-0.1, -0.05) is 109 Å². The van der Waals surface area contributed by atoms with Crippen LogP contribution in [0.1, 0.15) is 11.1 Å². The third-order valence-electron chi connectivity index (χ3n) is 3.54. The average molecular weight is 282 g/mol. The molecule has 22 heavy (non-hydrogen) atoms. The summed E-state index contributed by atoms with van der Waals surface area (Å²) in [5, 5.41) is 0. The summed E-state index contributed by atoms with van der Waals surface area (Å²) in [6, 6.07) is 8.54. The minimum Gasteiger partial charge on any atom is -0.0623 e. The maximum Gasteiger partial charge on any atom is -0.0105 e. The Morgan fingerprint density at radius 1 is 0.409 bits per heavy atom. The third-order valence-corrected chi connectivity index (χ3v) is 3.54. The second-order valence-corrected chi connectivity index (χ2v) is 5.05. The topological polar surface area (TPSA) is 0 Å². The van der Waals surface area contributed by atoms with E-state index in [9.17, 15) is 0 Å². The highest BCUT2D eigenvalue weighted by atomic mass is 14.1. The van der Waals surface area contributed by atoms with Crippen molar-refractivity contribution < 1.29 is 0 Å². The summed E-state index contributed by atoms with van der Waals surface area (Å²) >= 11 is 0. The fourth-order valence-corrected chi connectivity index (χ4v) is 2.48. The number of hydrogen-bond donors (Lipinski definition) is 0. The Hall–Kier alpha value is -2.86. The Morgan fingerprint density at radius 3 is 1.32 bits per heavy atom. The van der Waals surface area contributed by atoms with Gasteiger partial charge in [-0.3, -0.25) is 0 Å². The quantitative estimate of drug-likeness (QED) is 0.641. The number of allylic oxidation sites excluding steroid dienone is 16. The van der Waals surface area contributed by atoms with E-state index >= 15 is 0 Å². The van der Waals surface area contributed by atoms with Crippen molar-refractivity contribution in [1.29, 1.82) is 0 Å². The van der Waals surface area contributed by atoms with E-state index in [0.717, 1.165) is 0 Å². The lowest BCUT2D eigenvalue weighted by Crippen LogP contribution is -1.91. The number of benzene rings is 1. The molecular weight excluding hydrogens is 264 g/mol. The zero-order chi connectivity index (χ0) is 15.0. The van der Waals surface area contributed by atoms with Crippen LogP contribution in [-0.2, 0) is 0 Å². The van der Waals surface area contributed by atoms with Crippen LogP contribution in [0.2, 0.25) is 0 Å². The van der Waals surface area contributed by atoms with Gasteiger partial charge in [0.05, 0.1) is 0 Å². The molecule has 0 saturated heterocycles. The predicted molar refractivity (Wildman–Crippen MR) is 97.2 cm³/mol. The molecule has 0 nitrogen and oxygen atoms in total.